The lowest BCUT2D eigenvalue weighted by Crippen LogP contribution is -2.39. The molecule has 0 radical (unpaired) electrons. The Morgan fingerprint density at radius 2 is 1.93 bits per heavy atom. The molecule has 0 bridgehead atoms. The molecule has 1 fully saturated rings. The molecule has 2 aromatic carbocycles. The van der Waals surface area contributed by atoms with Crippen LogP contribution in [0.5, 0.6) is 0 Å². The third-order valence-electron chi connectivity index (χ3n) is 4.74. The van der Waals surface area contributed by atoms with Gasteiger partial charge in [0.15, 0.2) is 15.8 Å². The Morgan fingerprint density at radius 1 is 1.19 bits per heavy atom. The van der Waals surface area contributed by atoms with Crippen molar-refractivity contribution in [3.8, 4) is 0 Å². The van der Waals surface area contributed by atoms with Gasteiger partial charge >= 0.3 is 0 Å². The average Bonchev–Trinajstić information content (AvgIpc) is 3.39. The zero-order chi connectivity index (χ0) is 19.4. The van der Waals surface area contributed by atoms with Crippen molar-refractivity contribution in [3.63, 3.8) is 0 Å². The predicted octanol–water partition coefficient (Wildman–Crippen LogP) is 3.01. The van der Waals surface area contributed by atoms with E-state index in [0.717, 1.165) is 30.1 Å². The number of benzene rings is 2. The van der Waals surface area contributed by atoms with Crippen LogP contribution in [0.2, 0.25) is 0 Å². The second-order valence-electron chi connectivity index (χ2n) is 7.07. The van der Waals surface area contributed by atoms with Gasteiger partial charge < -0.3 is 10.6 Å². The van der Waals surface area contributed by atoms with E-state index in [2.05, 4.69) is 39.9 Å². The minimum atomic E-state index is -3.19. The van der Waals surface area contributed by atoms with Crippen molar-refractivity contribution >= 4 is 15.8 Å². The van der Waals surface area contributed by atoms with Crippen molar-refractivity contribution in [2.75, 3.05) is 12.8 Å². The second-order valence-corrected chi connectivity index (χ2v) is 9.06. The SMILES string of the molecule is CCNC(=NCc1ccc(S(C)(=O)=O)c(C)c1)NC1CC1c1ccccc1. The van der Waals surface area contributed by atoms with Crippen LogP contribution in [-0.2, 0) is 16.4 Å². The molecule has 2 N–H and O–H groups in total. The van der Waals surface area contributed by atoms with Crippen LogP contribution in [0.15, 0.2) is 58.4 Å². The lowest BCUT2D eigenvalue weighted by molar-refractivity contribution is 0.601. The lowest BCUT2D eigenvalue weighted by atomic mass is 10.1. The van der Waals surface area contributed by atoms with Gasteiger partial charge in [-0.05, 0) is 43.0 Å². The molecular formula is C21H27N3O2S. The largest absolute Gasteiger partial charge is 0.357 e. The molecule has 0 aliphatic heterocycles. The van der Waals surface area contributed by atoms with Crippen LogP contribution in [0.1, 0.15) is 36.0 Å². The first-order valence-electron chi connectivity index (χ1n) is 9.28. The molecule has 0 aromatic heterocycles. The number of guanidine groups is 1. The van der Waals surface area contributed by atoms with Gasteiger partial charge in [-0.1, -0.05) is 42.5 Å². The summed E-state index contributed by atoms with van der Waals surface area (Å²) in [5.41, 5.74) is 3.11. The highest BCUT2D eigenvalue weighted by atomic mass is 32.2. The molecule has 1 aliphatic rings. The third-order valence-corrected chi connectivity index (χ3v) is 6.00. The molecule has 0 saturated heterocycles. The fraction of sp³-hybridized carbons (Fsp3) is 0.381. The topological polar surface area (TPSA) is 70.6 Å². The van der Waals surface area contributed by atoms with E-state index >= 15 is 0 Å². The molecule has 3 rings (SSSR count). The van der Waals surface area contributed by atoms with Crippen LogP contribution in [0, 0.1) is 6.92 Å². The van der Waals surface area contributed by atoms with Gasteiger partial charge in [0.2, 0.25) is 0 Å². The van der Waals surface area contributed by atoms with E-state index < -0.39 is 9.84 Å². The molecule has 2 unspecified atom stereocenters. The highest BCUT2D eigenvalue weighted by molar-refractivity contribution is 7.90. The minimum Gasteiger partial charge on any atom is -0.357 e. The van der Waals surface area contributed by atoms with Gasteiger partial charge in [0.05, 0.1) is 11.4 Å². The van der Waals surface area contributed by atoms with Gasteiger partial charge in [0.25, 0.3) is 0 Å². The number of nitrogens with one attached hydrogen (secondary N) is 2. The highest BCUT2D eigenvalue weighted by Crippen LogP contribution is 2.40. The monoisotopic (exact) mass is 385 g/mol. The van der Waals surface area contributed by atoms with E-state index in [1.165, 1.54) is 11.8 Å². The molecule has 27 heavy (non-hydrogen) atoms. The van der Waals surface area contributed by atoms with E-state index in [-0.39, 0.29) is 0 Å². The summed E-state index contributed by atoms with van der Waals surface area (Å²) in [6.07, 6.45) is 2.34. The van der Waals surface area contributed by atoms with Crippen LogP contribution in [-0.4, -0.2) is 33.2 Å². The van der Waals surface area contributed by atoms with Crippen molar-refractivity contribution in [1.82, 2.24) is 10.6 Å². The molecule has 5 nitrogen and oxygen atoms in total. The minimum absolute atomic E-state index is 0.379. The Balaban J connectivity index is 1.65. The zero-order valence-electron chi connectivity index (χ0n) is 16.1. The van der Waals surface area contributed by atoms with Crippen molar-refractivity contribution in [1.29, 1.82) is 0 Å². The van der Waals surface area contributed by atoms with Gasteiger partial charge in [-0.3, -0.25) is 0 Å². The van der Waals surface area contributed by atoms with E-state index in [4.69, 9.17) is 0 Å². The summed E-state index contributed by atoms with van der Waals surface area (Å²) in [5, 5.41) is 6.79. The summed E-state index contributed by atoms with van der Waals surface area (Å²) in [7, 11) is -3.19. The first kappa shape index (κ1) is 19.4. The molecule has 6 heteroatoms. The smallest absolute Gasteiger partial charge is 0.191 e. The summed E-state index contributed by atoms with van der Waals surface area (Å²) in [4.78, 5) is 5.05. The van der Waals surface area contributed by atoms with E-state index in [9.17, 15) is 8.42 Å². The number of nitrogens with zero attached hydrogens (tertiary/aromatic N) is 1. The van der Waals surface area contributed by atoms with Crippen molar-refractivity contribution in [2.45, 2.75) is 43.7 Å². The van der Waals surface area contributed by atoms with Crippen molar-refractivity contribution in [2.24, 2.45) is 4.99 Å². The molecule has 0 spiro atoms. The average molecular weight is 386 g/mol. The summed E-state index contributed by atoms with van der Waals surface area (Å²) >= 11 is 0. The van der Waals surface area contributed by atoms with Gasteiger partial charge in [0.1, 0.15) is 0 Å². The lowest BCUT2D eigenvalue weighted by Gasteiger charge is -2.12. The van der Waals surface area contributed by atoms with Crippen LogP contribution in [0.25, 0.3) is 0 Å². The molecule has 1 aliphatic carbocycles. The fourth-order valence-corrected chi connectivity index (χ4v) is 4.27. The Bertz CT molecular complexity index is 924. The fourth-order valence-electron chi connectivity index (χ4n) is 3.32. The molecule has 2 atom stereocenters. The summed E-state index contributed by atoms with van der Waals surface area (Å²) < 4.78 is 23.5. The second kappa shape index (κ2) is 8.13. The zero-order valence-corrected chi connectivity index (χ0v) is 16.9. The molecule has 144 valence electrons. The highest BCUT2D eigenvalue weighted by Gasteiger charge is 2.38. The Morgan fingerprint density at radius 3 is 2.56 bits per heavy atom. The normalized spacial score (nSPS) is 19.6. The van der Waals surface area contributed by atoms with Gasteiger partial charge in [-0.2, -0.15) is 0 Å². The van der Waals surface area contributed by atoms with Crippen LogP contribution in [0.3, 0.4) is 0 Å². The number of hydrogen-bond donors (Lipinski definition) is 2. The van der Waals surface area contributed by atoms with Gasteiger partial charge in [-0.15, -0.1) is 0 Å². The first-order valence-corrected chi connectivity index (χ1v) is 11.2. The first-order chi connectivity index (χ1) is 12.9. The number of aliphatic imine (C=N–C) groups is 1. The van der Waals surface area contributed by atoms with Crippen molar-refractivity contribution < 1.29 is 8.42 Å². The van der Waals surface area contributed by atoms with Crippen LogP contribution < -0.4 is 10.6 Å². The van der Waals surface area contributed by atoms with Gasteiger partial charge in [-0.25, -0.2) is 13.4 Å². The Hall–Kier alpha value is -2.34. The summed E-state index contributed by atoms with van der Waals surface area (Å²) in [6, 6.07) is 16.3. The Kier molecular flexibility index (Phi) is 5.85. The van der Waals surface area contributed by atoms with Gasteiger partial charge in [0, 0.05) is 24.8 Å². The standard InChI is InChI=1S/C21H27N3O2S/c1-4-22-21(24-19-13-18(19)17-8-6-5-7-9-17)23-14-16-10-11-20(15(2)12-16)27(3,25)26/h5-12,18-19H,4,13-14H2,1-3H3,(H2,22,23,24). The third kappa shape index (κ3) is 5.10. The molecule has 0 amide bonds. The number of rotatable bonds is 6. The quantitative estimate of drug-likeness (QED) is 0.592. The van der Waals surface area contributed by atoms with Crippen LogP contribution >= 0.6 is 0 Å². The number of hydrogen-bond acceptors (Lipinski definition) is 3. The summed E-state index contributed by atoms with van der Waals surface area (Å²) in [5.74, 6) is 1.33. The number of sulfone groups is 1. The van der Waals surface area contributed by atoms with Crippen LogP contribution in [0.4, 0.5) is 0 Å². The maximum Gasteiger partial charge on any atom is 0.191 e. The Labute approximate surface area is 161 Å². The van der Waals surface area contributed by atoms with E-state index in [0.29, 0.717) is 23.4 Å². The molecule has 1 saturated carbocycles. The molecule has 2 aromatic rings. The summed E-state index contributed by atoms with van der Waals surface area (Å²) in [6.45, 7) is 5.16. The predicted molar refractivity (Wildman–Crippen MR) is 110 cm³/mol. The molecular weight excluding hydrogens is 358 g/mol. The molecule has 0 heterocycles. The van der Waals surface area contributed by atoms with Crippen molar-refractivity contribution in [3.05, 3.63) is 65.2 Å². The maximum absolute atomic E-state index is 11.7. The number of aryl methyl sites for hydroxylation is 1. The van der Waals surface area contributed by atoms with E-state index in [1.807, 2.05) is 32.0 Å². The maximum atomic E-state index is 11.7. The van der Waals surface area contributed by atoms with E-state index in [1.54, 1.807) is 6.07 Å².